The maximum atomic E-state index is 12.4. The molecule has 1 amide bonds. The first-order valence-electron chi connectivity index (χ1n) is 8.51. The van der Waals surface area contributed by atoms with Crippen LogP contribution in [0.5, 0.6) is 0 Å². The van der Waals surface area contributed by atoms with Crippen LogP contribution >= 0.6 is 11.3 Å². The fourth-order valence-corrected chi connectivity index (χ4v) is 4.67. The number of furan rings is 1. The minimum atomic E-state index is -3.61. The zero-order valence-corrected chi connectivity index (χ0v) is 17.1. The van der Waals surface area contributed by atoms with Crippen LogP contribution in [0.1, 0.15) is 22.2 Å². The molecule has 0 unspecified atom stereocenters. The Bertz CT molecular complexity index is 996. The van der Waals surface area contributed by atoms with E-state index in [2.05, 4.69) is 10.0 Å². The first-order valence-corrected chi connectivity index (χ1v) is 10.9. The zero-order valence-electron chi connectivity index (χ0n) is 15.5. The van der Waals surface area contributed by atoms with Crippen LogP contribution in [0.2, 0.25) is 0 Å². The van der Waals surface area contributed by atoms with E-state index in [1.165, 1.54) is 6.07 Å². The van der Waals surface area contributed by atoms with Crippen LogP contribution in [0.3, 0.4) is 0 Å². The molecular weight excluding hydrogens is 398 g/mol. The van der Waals surface area contributed by atoms with Crippen molar-refractivity contribution in [1.29, 1.82) is 0 Å². The number of hydrogen-bond donors (Lipinski definition) is 2. The number of rotatable bonds is 8. The number of benzene rings is 1. The lowest BCUT2D eigenvalue weighted by molar-refractivity contribution is 0.0939. The molecule has 0 saturated carbocycles. The van der Waals surface area contributed by atoms with Crippen molar-refractivity contribution < 1.29 is 17.6 Å². The van der Waals surface area contributed by atoms with Crippen molar-refractivity contribution in [1.82, 2.24) is 10.2 Å². The van der Waals surface area contributed by atoms with Crippen LogP contribution in [0, 0.1) is 0 Å². The quantitative estimate of drug-likeness (QED) is 0.585. The van der Waals surface area contributed by atoms with Gasteiger partial charge in [-0.25, -0.2) is 8.42 Å². The van der Waals surface area contributed by atoms with Gasteiger partial charge in [0, 0.05) is 17.8 Å². The van der Waals surface area contributed by atoms with Gasteiger partial charge in [-0.1, -0.05) is 6.07 Å². The molecule has 2 aromatic heterocycles. The molecule has 3 aromatic rings. The molecule has 9 heteroatoms. The Morgan fingerprint density at radius 2 is 1.89 bits per heavy atom. The minimum Gasteiger partial charge on any atom is -0.468 e. The van der Waals surface area contributed by atoms with Crippen molar-refractivity contribution in [3.8, 4) is 0 Å². The highest BCUT2D eigenvalue weighted by Crippen LogP contribution is 2.21. The fraction of sp³-hybridized carbons (Fsp3) is 0.211. The number of hydrogen-bond acceptors (Lipinski definition) is 6. The summed E-state index contributed by atoms with van der Waals surface area (Å²) in [5, 5.41) is 4.58. The molecule has 0 aliphatic carbocycles. The Balaban J connectivity index is 1.62. The molecule has 3 rings (SSSR count). The van der Waals surface area contributed by atoms with Crippen molar-refractivity contribution in [2.24, 2.45) is 0 Å². The normalized spacial score (nSPS) is 12.7. The van der Waals surface area contributed by atoms with E-state index >= 15 is 0 Å². The molecule has 0 spiro atoms. The van der Waals surface area contributed by atoms with Crippen molar-refractivity contribution in [3.63, 3.8) is 0 Å². The maximum absolute atomic E-state index is 12.4. The van der Waals surface area contributed by atoms with Crippen LogP contribution in [-0.4, -0.2) is 39.9 Å². The minimum absolute atomic E-state index is 0.0872. The van der Waals surface area contributed by atoms with Gasteiger partial charge in [-0.05, 0) is 61.9 Å². The summed E-state index contributed by atoms with van der Waals surface area (Å²) < 4.78 is 32.7. The Hall–Kier alpha value is -2.62. The number of amides is 1. The highest BCUT2D eigenvalue weighted by molar-refractivity contribution is 7.94. The van der Waals surface area contributed by atoms with Gasteiger partial charge < -0.3 is 9.73 Å². The molecule has 28 heavy (non-hydrogen) atoms. The average Bonchev–Trinajstić information content (AvgIpc) is 3.36. The summed E-state index contributed by atoms with van der Waals surface area (Å²) in [5.74, 6) is 0.523. The van der Waals surface area contributed by atoms with Gasteiger partial charge in [-0.2, -0.15) is 0 Å². The van der Waals surface area contributed by atoms with Crippen LogP contribution in [0.4, 0.5) is 5.69 Å². The van der Waals surface area contributed by atoms with Gasteiger partial charge in [0.25, 0.3) is 15.9 Å². The third-order valence-electron chi connectivity index (χ3n) is 4.11. The van der Waals surface area contributed by atoms with E-state index in [1.54, 1.807) is 42.0 Å². The summed E-state index contributed by atoms with van der Waals surface area (Å²) in [7, 11) is 0.214. The Morgan fingerprint density at radius 3 is 2.46 bits per heavy atom. The van der Waals surface area contributed by atoms with E-state index in [4.69, 9.17) is 4.42 Å². The van der Waals surface area contributed by atoms with Crippen LogP contribution in [0.15, 0.2) is 68.8 Å². The molecule has 1 aromatic carbocycles. The second kappa shape index (κ2) is 8.59. The molecule has 0 fully saturated rings. The summed E-state index contributed by atoms with van der Waals surface area (Å²) in [4.78, 5) is 14.4. The second-order valence-corrected chi connectivity index (χ2v) is 9.18. The highest BCUT2D eigenvalue weighted by Gasteiger charge is 2.19. The van der Waals surface area contributed by atoms with Crippen molar-refractivity contribution in [3.05, 3.63) is 71.5 Å². The molecule has 1 atom stereocenters. The number of likely N-dealkylation sites (N-methyl/N-ethyl adjacent to an activating group) is 1. The van der Waals surface area contributed by atoms with E-state index in [0.29, 0.717) is 17.8 Å². The molecule has 0 aliphatic heterocycles. The standard InChI is InChI=1S/C19H21N3O4S2/c1-22(2)16(17-5-3-11-26-17)13-20-19(23)14-7-9-15(10-8-14)21-28(24,25)18-6-4-12-27-18/h3-12,16,21H,13H2,1-2H3,(H,20,23)/t16-/m0/s1. The van der Waals surface area contributed by atoms with Gasteiger partial charge in [0.1, 0.15) is 9.97 Å². The van der Waals surface area contributed by atoms with Gasteiger partial charge in [0.15, 0.2) is 0 Å². The Kier molecular flexibility index (Phi) is 6.18. The molecule has 0 saturated heterocycles. The fourth-order valence-electron chi connectivity index (χ4n) is 2.62. The summed E-state index contributed by atoms with van der Waals surface area (Å²) >= 11 is 1.14. The molecule has 7 nitrogen and oxygen atoms in total. The summed E-state index contributed by atoms with van der Waals surface area (Å²) in [6.07, 6.45) is 1.60. The van der Waals surface area contributed by atoms with Crippen LogP contribution in [-0.2, 0) is 10.0 Å². The third-order valence-corrected chi connectivity index (χ3v) is 6.89. The van der Waals surface area contributed by atoms with Crippen molar-refractivity contribution in [2.45, 2.75) is 10.3 Å². The van der Waals surface area contributed by atoms with Crippen LogP contribution in [0.25, 0.3) is 0 Å². The number of anilines is 1. The monoisotopic (exact) mass is 419 g/mol. The van der Waals surface area contributed by atoms with E-state index in [9.17, 15) is 13.2 Å². The maximum Gasteiger partial charge on any atom is 0.271 e. The second-order valence-electron chi connectivity index (χ2n) is 6.32. The Labute approximate surface area is 168 Å². The first kappa shape index (κ1) is 20.1. The molecule has 0 aliphatic rings. The van der Waals surface area contributed by atoms with E-state index in [0.717, 1.165) is 17.1 Å². The molecule has 2 N–H and O–H groups in total. The topological polar surface area (TPSA) is 91.7 Å². The molecular formula is C19H21N3O4S2. The molecule has 0 radical (unpaired) electrons. The van der Waals surface area contributed by atoms with Crippen LogP contribution < -0.4 is 10.0 Å². The summed E-state index contributed by atoms with van der Waals surface area (Å²) in [6.45, 7) is 0.381. The van der Waals surface area contributed by atoms with Gasteiger partial charge in [-0.3, -0.25) is 14.4 Å². The van der Waals surface area contributed by atoms with Crippen molar-refractivity contribution in [2.75, 3.05) is 25.4 Å². The zero-order chi connectivity index (χ0) is 20.1. The van der Waals surface area contributed by atoms with E-state index < -0.39 is 10.0 Å². The van der Waals surface area contributed by atoms with E-state index in [1.807, 2.05) is 31.1 Å². The van der Waals surface area contributed by atoms with Crippen molar-refractivity contribution >= 4 is 33.0 Å². The molecule has 2 heterocycles. The first-order chi connectivity index (χ1) is 13.4. The van der Waals surface area contributed by atoms with Gasteiger partial charge >= 0.3 is 0 Å². The van der Waals surface area contributed by atoms with Gasteiger partial charge in [0.05, 0.1) is 12.3 Å². The predicted octanol–water partition coefficient (Wildman–Crippen LogP) is 3.17. The van der Waals surface area contributed by atoms with Gasteiger partial charge in [0.2, 0.25) is 0 Å². The largest absolute Gasteiger partial charge is 0.468 e. The van der Waals surface area contributed by atoms with E-state index in [-0.39, 0.29) is 16.2 Å². The third kappa shape index (κ3) is 4.80. The Morgan fingerprint density at radius 1 is 1.14 bits per heavy atom. The molecule has 148 valence electrons. The lowest BCUT2D eigenvalue weighted by Gasteiger charge is -2.22. The summed E-state index contributed by atoms with van der Waals surface area (Å²) in [5.41, 5.74) is 0.836. The highest BCUT2D eigenvalue weighted by atomic mass is 32.2. The smallest absolute Gasteiger partial charge is 0.271 e. The number of nitrogens with one attached hydrogen (secondary N) is 2. The number of nitrogens with zero attached hydrogens (tertiary/aromatic N) is 1. The predicted molar refractivity (Wildman–Crippen MR) is 109 cm³/mol. The number of sulfonamides is 1. The SMILES string of the molecule is CN(C)[C@@H](CNC(=O)c1ccc(NS(=O)(=O)c2cccs2)cc1)c1ccco1. The number of carbonyl (C=O) groups excluding carboxylic acids is 1. The number of thiophene rings is 1. The average molecular weight is 420 g/mol. The summed E-state index contributed by atoms with van der Waals surface area (Å²) in [6, 6.07) is 13.1. The number of carbonyl (C=O) groups is 1. The lowest BCUT2D eigenvalue weighted by atomic mass is 10.1. The van der Waals surface area contributed by atoms with Gasteiger partial charge in [-0.15, -0.1) is 11.3 Å². The lowest BCUT2D eigenvalue weighted by Crippen LogP contribution is -2.34. The molecule has 0 bridgehead atoms.